The number of hydrogen-bond acceptors (Lipinski definition) is 3. The standard InChI is InChI=1S/C20H30N2OS.ClH/c1-15-5-7-17(8-6-15)19-14-24-11-10-22(19)20(23)12-16(2)18-4-3-9-21-13-18;/h5-8,16,18-19,21H,3-4,9-14H2,1-2H3;1H. The number of thioether (sulfide) groups is 1. The van der Waals surface area contributed by atoms with E-state index in [0.717, 1.165) is 31.1 Å². The molecule has 2 fully saturated rings. The number of carbonyl (C=O) groups excluding carboxylic acids is 1. The molecule has 1 aromatic carbocycles. The Bertz CT molecular complexity index is 545. The summed E-state index contributed by atoms with van der Waals surface area (Å²) in [5, 5.41) is 3.48. The number of amides is 1. The zero-order chi connectivity index (χ0) is 16.9. The van der Waals surface area contributed by atoms with E-state index in [1.165, 1.54) is 24.0 Å². The van der Waals surface area contributed by atoms with E-state index in [1.54, 1.807) is 0 Å². The van der Waals surface area contributed by atoms with Gasteiger partial charge in [-0.25, -0.2) is 0 Å². The predicted octanol–water partition coefficient (Wildman–Crippen LogP) is 4.06. The lowest BCUT2D eigenvalue weighted by Gasteiger charge is -2.37. The van der Waals surface area contributed by atoms with Gasteiger partial charge >= 0.3 is 0 Å². The number of nitrogens with zero attached hydrogens (tertiary/aromatic N) is 1. The molecule has 0 saturated carbocycles. The first kappa shape index (κ1) is 20.6. The average Bonchev–Trinajstić information content (AvgIpc) is 2.63. The number of nitrogens with one attached hydrogen (secondary N) is 1. The molecule has 1 N–H and O–H groups in total. The van der Waals surface area contributed by atoms with Crippen molar-refractivity contribution in [2.75, 3.05) is 31.1 Å². The Kier molecular flexibility index (Phi) is 8.11. The molecule has 1 aromatic rings. The van der Waals surface area contributed by atoms with Crippen molar-refractivity contribution in [1.82, 2.24) is 10.2 Å². The largest absolute Gasteiger partial charge is 0.334 e. The Morgan fingerprint density at radius 1 is 1.36 bits per heavy atom. The zero-order valence-corrected chi connectivity index (χ0v) is 17.0. The van der Waals surface area contributed by atoms with E-state index >= 15 is 0 Å². The Balaban J connectivity index is 0.00000225. The van der Waals surface area contributed by atoms with Gasteiger partial charge in [-0.3, -0.25) is 4.79 Å². The van der Waals surface area contributed by atoms with E-state index in [4.69, 9.17) is 0 Å². The van der Waals surface area contributed by atoms with Crippen molar-refractivity contribution >= 4 is 30.1 Å². The van der Waals surface area contributed by atoms with Gasteiger partial charge in [-0.05, 0) is 50.3 Å². The van der Waals surface area contributed by atoms with Crippen molar-refractivity contribution in [3.8, 4) is 0 Å². The zero-order valence-electron chi connectivity index (χ0n) is 15.4. The van der Waals surface area contributed by atoms with Gasteiger partial charge in [0.15, 0.2) is 0 Å². The van der Waals surface area contributed by atoms with Crippen molar-refractivity contribution in [3.05, 3.63) is 35.4 Å². The summed E-state index contributed by atoms with van der Waals surface area (Å²) in [6, 6.07) is 8.95. The first-order valence-electron chi connectivity index (χ1n) is 9.29. The topological polar surface area (TPSA) is 32.3 Å². The second kappa shape index (κ2) is 9.84. The number of hydrogen-bond donors (Lipinski definition) is 1. The van der Waals surface area contributed by atoms with Crippen LogP contribution in [0.5, 0.6) is 0 Å². The van der Waals surface area contributed by atoms with E-state index in [9.17, 15) is 4.79 Å². The summed E-state index contributed by atoms with van der Waals surface area (Å²) in [4.78, 5) is 15.1. The molecule has 1 amide bonds. The highest BCUT2D eigenvalue weighted by atomic mass is 35.5. The molecule has 25 heavy (non-hydrogen) atoms. The smallest absolute Gasteiger partial charge is 0.223 e. The number of piperidine rings is 1. The van der Waals surface area contributed by atoms with Crippen molar-refractivity contribution in [3.63, 3.8) is 0 Å². The third-order valence-electron chi connectivity index (χ3n) is 5.55. The lowest BCUT2D eigenvalue weighted by molar-refractivity contribution is -0.134. The maximum atomic E-state index is 13.0. The Morgan fingerprint density at radius 3 is 2.80 bits per heavy atom. The molecule has 0 aromatic heterocycles. The van der Waals surface area contributed by atoms with E-state index in [1.807, 2.05) is 11.8 Å². The predicted molar refractivity (Wildman–Crippen MR) is 110 cm³/mol. The lowest BCUT2D eigenvalue weighted by Crippen LogP contribution is -2.42. The highest BCUT2D eigenvalue weighted by molar-refractivity contribution is 7.99. The summed E-state index contributed by atoms with van der Waals surface area (Å²) in [5.74, 6) is 3.55. The summed E-state index contributed by atoms with van der Waals surface area (Å²) in [5.41, 5.74) is 2.56. The second-order valence-electron chi connectivity index (χ2n) is 7.38. The maximum absolute atomic E-state index is 13.0. The van der Waals surface area contributed by atoms with Gasteiger partial charge in [0.1, 0.15) is 0 Å². The normalized spacial score (nSPS) is 25.1. The first-order valence-corrected chi connectivity index (χ1v) is 10.4. The first-order chi connectivity index (χ1) is 11.6. The van der Waals surface area contributed by atoms with Gasteiger partial charge in [0.2, 0.25) is 5.91 Å². The summed E-state index contributed by atoms with van der Waals surface area (Å²) in [6.07, 6.45) is 3.20. The summed E-state index contributed by atoms with van der Waals surface area (Å²) in [6.45, 7) is 7.47. The van der Waals surface area contributed by atoms with Crippen LogP contribution in [0.2, 0.25) is 0 Å². The molecule has 0 radical (unpaired) electrons. The molecule has 0 bridgehead atoms. The number of carbonyl (C=O) groups is 1. The van der Waals surface area contributed by atoms with Crippen LogP contribution in [-0.2, 0) is 4.79 Å². The molecule has 140 valence electrons. The summed E-state index contributed by atoms with van der Waals surface area (Å²) >= 11 is 1.97. The second-order valence-corrected chi connectivity index (χ2v) is 8.53. The molecule has 2 heterocycles. The van der Waals surface area contributed by atoms with Gasteiger partial charge in [-0.2, -0.15) is 11.8 Å². The van der Waals surface area contributed by atoms with Crippen molar-refractivity contribution in [2.45, 2.75) is 39.2 Å². The molecule has 5 heteroatoms. The minimum Gasteiger partial charge on any atom is -0.334 e. The SMILES string of the molecule is Cc1ccc(C2CSCCN2C(=O)CC(C)C2CCCNC2)cc1.Cl. The fourth-order valence-corrected chi connectivity index (χ4v) is 4.98. The van der Waals surface area contributed by atoms with Gasteiger partial charge in [0, 0.05) is 24.5 Å². The van der Waals surface area contributed by atoms with Crippen molar-refractivity contribution in [2.24, 2.45) is 11.8 Å². The van der Waals surface area contributed by atoms with E-state index in [0.29, 0.717) is 24.2 Å². The highest BCUT2D eigenvalue weighted by Crippen LogP contribution is 2.32. The number of halogens is 1. The van der Waals surface area contributed by atoms with Gasteiger partial charge in [0.25, 0.3) is 0 Å². The molecule has 2 saturated heterocycles. The molecule has 3 rings (SSSR count). The van der Waals surface area contributed by atoms with Crippen molar-refractivity contribution in [1.29, 1.82) is 0 Å². The maximum Gasteiger partial charge on any atom is 0.223 e. The minimum absolute atomic E-state index is 0. The highest BCUT2D eigenvalue weighted by Gasteiger charge is 2.30. The monoisotopic (exact) mass is 382 g/mol. The molecule has 0 aliphatic carbocycles. The summed E-state index contributed by atoms with van der Waals surface area (Å²) < 4.78 is 0. The number of benzene rings is 1. The van der Waals surface area contributed by atoms with Crippen LogP contribution in [0.4, 0.5) is 0 Å². The van der Waals surface area contributed by atoms with Gasteiger partial charge in [0.05, 0.1) is 6.04 Å². The fraction of sp³-hybridized carbons (Fsp3) is 0.650. The average molecular weight is 383 g/mol. The van der Waals surface area contributed by atoms with Gasteiger partial charge in [-0.1, -0.05) is 36.8 Å². The molecule has 0 spiro atoms. The van der Waals surface area contributed by atoms with Crippen LogP contribution in [0.15, 0.2) is 24.3 Å². The molecular formula is C20H31ClN2OS. The van der Waals surface area contributed by atoms with Crippen LogP contribution in [0.3, 0.4) is 0 Å². The minimum atomic E-state index is 0. The molecule has 3 nitrogen and oxygen atoms in total. The fourth-order valence-electron chi connectivity index (χ4n) is 3.89. The van der Waals surface area contributed by atoms with E-state index in [2.05, 4.69) is 48.3 Å². The van der Waals surface area contributed by atoms with Crippen molar-refractivity contribution < 1.29 is 4.79 Å². The van der Waals surface area contributed by atoms with Crippen LogP contribution >= 0.6 is 24.2 Å². The summed E-state index contributed by atoms with van der Waals surface area (Å²) in [7, 11) is 0. The molecule has 2 aliphatic rings. The van der Waals surface area contributed by atoms with Gasteiger partial charge in [-0.15, -0.1) is 12.4 Å². The number of rotatable bonds is 4. The quantitative estimate of drug-likeness (QED) is 0.852. The Morgan fingerprint density at radius 2 is 2.12 bits per heavy atom. The molecule has 2 aliphatic heterocycles. The van der Waals surface area contributed by atoms with E-state index in [-0.39, 0.29) is 18.4 Å². The van der Waals surface area contributed by atoms with Crippen LogP contribution in [0.25, 0.3) is 0 Å². The van der Waals surface area contributed by atoms with Crippen LogP contribution < -0.4 is 5.32 Å². The number of aryl methyl sites for hydroxylation is 1. The van der Waals surface area contributed by atoms with Crippen LogP contribution in [0.1, 0.15) is 43.4 Å². The third-order valence-corrected chi connectivity index (χ3v) is 6.57. The Labute approximate surface area is 162 Å². The van der Waals surface area contributed by atoms with Crippen LogP contribution in [0, 0.1) is 18.8 Å². The molecular weight excluding hydrogens is 352 g/mol. The lowest BCUT2D eigenvalue weighted by atomic mass is 9.85. The Hall–Kier alpha value is -0.710. The molecule has 3 atom stereocenters. The third kappa shape index (κ3) is 5.38. The molecule has 3 unspecified atom stereocenters. The van der Waals surface area contributed by atoms with Gasteiger partial charge < -0.3 is 10.2 Å². The van der Waals surface area contributed by atoms with E-state index < -0.39 is 0 Å². The van der Waals surface area contributed by atoms with Crippen LogP contribution in [-0.4, -0.2) is 41.9 Å².